The summed E-state index contributed by atoms with van der Waals surface area (Å²) < 4.78 is 23.5. The minimum Gasteiger partial charge on any atom is -0.466 e. The third-order valence-electron chi connectivity index (χ3n) is 3.61. The van der Waals surface area contributed by atoms with E-state index in [0.717, 1.165) is 12.8 Å². The van der Waals surface area contributed by atoms with Crippen molar-refractivity contribution in [3.05, 3.63) is 28.5 Å². The topological polar surface area (TPSA) is 52.6 Å². The van der Waals surface area contributed by atoms with Crippen LogP contribution < -0.4 is 0 Å². The van der Waals surface area contributed by atoms with E-state index in [9.17, 15) is 14.0 Å². The number of carbonyl (C=O) groups excluding carboxylic acids is 2. The Morgan fingerprint density at radius 2 is 2.08 bits per heavy atom. The van der Waals surface area contributed by atoms with E-state index in [1.54, 1.807) is 19.9 Å². The molecule has 4 nitrogen and oxygen atoms in total. The van der Waals surface area contributed by atoms with Gasteiger partial charge in [-0.25, -0.2) is 4.39 Å². The number of rotatable bonds is 8. The Balaban J connectivity index is 1.96. The molecule has 0 N–H and O–H groups in total. The summed E-state index contributed by atoms with van der Waals surface area (Å²) in [7, 11) is 0. The highest BCUT2D eigenvalue weighted by Gasteiger charge is 2.38. The van der Waals surface area contributed by atoms with Gasteiger partial charge in [0, 0.05) is 4.90 Å². The van der Waals surface area contributed by atoms with Crippen molar-refractivity contribution in [1.82, 2.24) is 0 Å². The minimum absolute atomic E-state index is 0.00236. The Bertz CT molecular complexity index is 619. The first kappa shape index (κ1) is 19.1. The number of benzene rings is 1. The number of thioether (sulfide) groups is 1. The van der Waals surface area contributed by atoms with Gasteiger partial charge in [0.05, 0.1) is 18.1 Å². The Labute approximate surface area is 150 Å². The predicted molar refractivity (Wildman–Crippen MR) is 90.7 cm³/mol. The molecule has 24 heavy (non-hydrogen) atoms. The molecular formula is C17H20ClFO4S. The maximum Gasteiger partial charge on any atom is 0.319 e. The first-order valence-electron chi connectivity index (χ1n) is 7.87. The van der Waals surface area contributed by atoms with Crippen molar-refractivity contribution >= 4 is 35.3 Å². The Morgan fingerprint density at radius 1 is 1.38 bits per heavy atom. The molecule has 0 saturated heterocycles. The van der Waals surface area contributed by atoms with Crippen LogP contribution in [-0.2, 0) is 19.1 Å². The van der Waals surface area contributed by atoms with E-state index >= 15 is 0 Å². The summed E-state index contributed by atoms with van der Waals surface area (Å²) in [6.45, 7) is 3.67. The number of ether oxygens (including phenoxy) is 2. The molecule has 0 spiro atoms. The van der Waals surface area contributed by atoms with Gasteiger partial charge in [0.25, 0.3) is 0 Å². The normalized spacial score (nSPS) is 15.0. The monoisotopic (exact) mass is 374 g/mol. The Morgan fingerprint density at radius 3 is 2.71 bits per heavy atom. The molecule has 2 rings (SSSR count). The van der Waals surface area contributed by atoms with Gasteiger partial charge in [-0.3, -0.25) is 9.59 Å². The fourth-order valence-corrected chi connectivity index (χ4v) is 3.75. The highest BCUT2D eigenvalue weighted by atomic mass is 35.5. The van der Waals surface area contributed by atoms with Crippen LogP contribution in [0.3, 0.4) is 0 Å². The van der Waals surface area contributed by atoms with Crippen molar-refractivity contribution in [2.75, 3.05) is 13.2 Å². The molecule has 0 heterocycles. The quantitative estimate of drug-likeness (QED) is 0.505. The molecule has 0 aliphatic heterocycles. The maximum absolute atomic E-state index is 13.5. The fraction of sp³-hybridized carbons (Fsp3) is 0.529. The number of hydrogen-bond donors (Lipinski definition) is 0. The second-order valence-corrected chi connectivity index (χ2v) is 7.22. The van der Waals surface area contributed by atoms with Crippen LogP contribution in [0.15, 0.2) is 17.0 Å². The third kappa shape index (κ3) is 5.38. The SMILES string of the molecule is CCOC(=O)CCOC(=O)C(Sc1cc(C)c(F)cc1Cl)C1CC1. The van der Waals surface area contributed by atoms with Crippen molar-refractivity contribution in [3.8, 4) is 0 Å². The van der Waals surface area contributed by atoms with Crippen molar-refractivity contribution in [1.29, 1.82) is 0 Å². The molecule has 1 atom stereocenters. The zero-order valence-electron chi connectivity index (χ0n) is 13.6. The van der Waals surface area contributed by atoms with Gasteiger partial charge >= 0.3 is 11.9 Å². The molecule has 132 valence electrons. The fourth-order valence-electron chi connectivity index (χ4n) is 2.14. The van der Waals surface area contributed by atoms with Gasteiger partial charge in [0.2, 0.25) is 0 Å². The lowest BCUT2D eigenvalue weighted by Gasteiger charge is -2.16. The molecule has 1 fully saturated rings. The first-order valence-corrected chi connectivity index (χ1v) is 9.12. The molecule has 1 aliphatic carbocycles. The maximum atomic E-state index is 13.5. The molecule has 0 bridgehead atoms. The second kappa shape index (κ2) is 8.72. The molecule has 7 heteroatoms. The van der Waals surface area contributed by atoms with Crippen LogP contribution in [0.2, 0.25) is 5.02 Å². The molecule has 1 aromatic carbocycles. The van der Waals surface area contributed by atoms with E-state index in [-0.39, 0.29) is 35.8 Å². The van der Waals surface area contributed by atoms with Crippen LogP contribution in [-0.4, -0.2) is 30.4 Å². The Hall–Kier alpha value is -1.27. The molecule has 1 aromatic rings. The van der Waals surface area contributed by atoms with Gasteiger partial charge in [-0.1, -0.05) is 11.6 Å². The summed E-state index contributed by atoms with van der Waals surface area (Å²) in [4.78, 5) is 24.3. The molecule has 1 aliphatic rings. The minimum atomic E-state index is -0.394. The summed E-state index contributed by atoms with van der Waals surface area (Å²) in [5.74, 6) is -0.904. The lowest BCUT2D eigenvalue weighted by Crippen LogP contribution is -2.23. The van der Waals surface area contributed by atoms with Crippen LogP contribution in [0.25, 0.3) is 0 Å². The zero-order valence-corrected chi connectivity index (χ0v) is 15.2. The standard InChI is InChI=1S/C17H20ClFO4S/c1-3-22-15(20)6-7-23-17(21)16(11-4-5-11)24-14-8-10(2)13(19)9-12(14)18/h8-9,11,16H,3-7H2,1-2H3. The van der Waals surface area contributed by atoms with Crippen LogP contribution in [0.5, 0.6) is 0 Å². The summed E-state index contributed by atoms with van der Waals surface area (Å²) >= 11 is 7.38. The average Bonchev–Trinajstić information content (AvgIpc) is 3.34. The number of hydrogen-bond acceptors (Lipinski definition) is 5. The summed E-state index contributed by atoms with van der Waals surface area (Å²) in [5, 5.41) is -0.109. The van der Waals surface area contributed by atoms with Crippen LogP contribution in [0, 0.1) is 18.7 Å². The number of aryl methyl sites for hydroxylation is 1. The first-order chi connectivity index (χ1) is 11.4. The van der Waals surface area contributed by atoms with E-state index in [4.69, 9.17) is 21.1 Å². The molecule has 0 amide bonds. The summed E-state index contributed by atoms with van der Waals surface area (Å²) in [5.41, 5.74) is 0.479. The van der Waals surface area contributed by atoms with E-state index in [0.29, 0.717) is 17.1 Å². The number of esters is 2. The van der Waals surface area contributed by atoms with E-state index in [2.05, 4.69) is 0 Å². The van der Waals surface area contributed by atoms with Gasteiger partial charge < -0.3 is 9.47 Å². The van der Waals surface area contributed by atoms with Gasteiger partial charge in [-0.2, -0.15) is 0 Å². The lowest BCUT2D eigenvalue weighted by atomic mass is 10.2. The third-order valence-corrected chi connectivity index (χ3v) is 5.45. The number of halogens is 2. The van der Waals surface area contributed by atoms with Gasteiger partial charge in [0.1, 0.15) is 17.7 Å². The highest BCUT2D eigenvalue weighted by molar-refractivity contribution is 8.00. The lowest BCUT2D eigenvalue weighted by molar-refractivity contribution is -0.148. The largest absolute Gasteiger partial charge is 0.466 e. The Kier molecular flexibility index (Phi) is 6.92. The van der Waals surface area contributed by atoms with Crippen LogP contribution in [0.4, 0.5) is 4.39 Å². The number of carbonyl (C=O) groups is 2. The van der Waals surface area contributed by atoms with Crippen molar-refractivity contribution in [3.63, 3.8) is 0 Å². The van der Waals surface area contributed by atoms with E-state index in [1.165, 1.54) is 17.8 Å². The molecule has 1 saturated carbocycles. The van der Waals surface area contributed by atoms with Gasteiger partial charge in [-0.15, -0.1) is 11.8 Å². The summed E-state index contributed by atoms with van der Waals surface area (Å²) in [6, 6.07) is 2.90. The molecule has 1 unspecified atom stereocenters. The molecule has 0 aromatic heterocycles. The predicted octanol–water partition coefficient (Wildman–Crippen LogP) is 4.15. The molecule has 0 radical (unpaired) electrons. The summed E-state index contributed by atoms with van der Waals surface area (Å²) in [6.07, 6.45) is 1.93. The van der Waals surface area contributed by atoms with Crippen LogP contribution in [0.1, 0.15) is 31.7 Å². The van der Waals surface area contributed by atoms with Gasteiger partial charge in [0.15, 0.2) is 0 Å². The highest BCUT2D eigenvalue weighted by Crippen LogP contribution is 2.44. The van der Waals surface area contributed by atoms with E-state index < -0.39 is 11.2 Å². The van der Waals surface area contributed by atoms with E-state index in [1.807, 2.05) is 0 Å². The van der Waals surface area contributed by atoms with Crippen molar-refractivity contribution in [2.24, 2.45) is 5.92 Å². The van der Waals surface area contributed by atoms with Crippen LogP contribution >= 0.6 is 23.4 Å². The smallest absolute Gasteiger partial charge is 0.319 e. The second-order valence-electron chi connectivity index (χ2n) is 5.63. The van der Waals surface area contributed by atoms with Crippen molar-refractivity contribution in [2.45, 2.75) is 43.3 Å². The zero-order chi connectivity index (χ0) is 17.7. The average molecular weight is 375 g/mol. The molecular weight excluding hydrogens is 355 g/mol. The van der Waals surface area contributed by atoms with Crippen molar-refractivity contribution < 1.29 is 23.5 Å². The van der Waals surface area contributed by atoms with Gasteiger partial charge in [-0.05, 0) is 50.3 Å².